The Morgan fingerprint density at radius 3 is 2.85 bits per heavy atom. The molecule has 2 saturated carbocycles. The van der Waals surface area contributed by atoms with E-state index in [2.05, 4.69) is 43.1 Å². The van der Waals surface area contributed by atoms with Crippen molar-refractivity contribution in [2.24, 2.45) is 34.5 Å². The van der Waals surface area contributed by atoms with Crippen molar-refractivity contribution in [3.05, 3.63) is 48.3 Å². The van der Waals surface area contributed by atoms with Gasteiger partial charge in [-0.25, -0.2) is 0 Å². The summed E-state index contributed by atoms with van der Waals surface area (Å²) < 4.78 is 0. The van der Waals surface area contributed by atoms with E-state index in [1.165, 1.54) is 43.2 Å². The van der Waals surface area contributed by atoms with Crippen LogP contribution in [0.3, 0.4) is 0 Å². The first-order chi connectivity index (χ1) is 12.5. The number of pyridine rings is 1. The number of rotatable bonds is 1. The van der Waals surface area contributed by atoms with Gasteiger partial charge < -0.3 is 0 Å². The molecule has 0 amide bonds. The molecule has 2 nitrogen and oxygen atoms in total. The number of nitrogens with zero attached hydrogens (tertiary/aromatic N) is 1. The smallest absolute Gasteiger partial charge is 0.155 e. The summed E-state index contributed by atoms with van der Waals surface area (Å²) in [6.07, 6.45) is 17.7. The Kier molecular flexibility index (Phi) is 3.58. The van der Waals surface area contributed by atoms with Crippen LogP contribution >= 0.6 is 0 Å². The van der Waals surface area contributed by atoms with Crippen molar-refractivity contribution in [1.82, 2.24) is 4.98 Å². The summed E-state index contributed by atoms with van der Waals surface area (Å²) in [7, 11) is 0. The van der Waals surface area contributed by atoms with Crippen LogP contribution in [0.1, 0.15) is 57.9 Å². The number of ketones is 1. The average Bonchev–Trinajstić information content (AvgIpc) is 3.00. The van der Waals surface area contributed by atoms with Crippen molar-refractivity contribution >= 4 is 11.4 Å². The molecule has 0 spiro atoms. The molecular weight excluding hydrogens is 318 g/mol. The Bertz CT molecular complexity index is 794. The maximum absolute atomic E-state index is 12.0. The SMILES string of the molecule is C[C@]12C=CC(=O)C[C@@H]1CC[C@@H]1[C@@H]2CC[C@]2(C)C(c3cccnc3)=CC[C@@H]12. The van der Waals surface area contributed by atoms with Crippen molar-refractivity contribution in [2.75, 3.05) is 0 Å². The minimum atomic E-state index is 0.231. The lowest BCUT2D eigenvalue weighted by Gasteiger charge is -2.58. The highest BCUT2D eigenvalue weighted by molar-refractivity contribution is 5.91. The number of carbonyl (C=O) groups excluding carboxylic acids is 1. The van der Waals surface area contributed by atoms with Gasteiger partial charge in [-0.3, -0.25) is 9.78 Å². The summed E-state index contributed by atoms with van der Waals surface area (Å²) >= 11 is 0. The quantitative estimate of drug-likeness (QED) is 0.675. The van der Waals surface area contributed by atoms with E-state index in [1.807, 2.05) is 18.5 Å². The van der Waals surface area contributed by atoms with Crippen molar-refractivity contribution in [3.8, 4) is 0 Å². The lowest BCUT2D eigenvalue weighted by Crippen LogP contribution is -2.51. The molecule has 1 aromatic rings. The van der Waals surface area contributed by atoms with Crippen molar-refractivity contribution < 1.29 is 4.79 Å². The molecule has 26 heavy (non-hydrogen) atoms. The van der Waals surface area contributed by atoms with Gasteiger partial charge in [-0.05, 0) is 89.9 Å². The van der Waals surface area contributed by atoms with E-state index in [4.69, 9.17) is 0 Å². The number of carbonyl (C=O) groups is 1. The molecule has 1 aromatic heterocycles. The molecule has 0 saturated heterocycles. The van der Waals surface area contributed by atoms with Crippen molar-refractivity contribution in [1.29, 1.82) is 0 Å². The fourth-order valence-electron chi connectivity index (χ4n) is 7.17. The highest BCUT2D eigenvalue weighted by Gasteiger charge is 2.57. The summed E-state index contributed by atoms with van der Waals surface area (Å²) in [5.74, 6) is 3.19. The van der Waals surface area contributed by atoms with Crippen LogP contribution in [0.2, 0.25) is 0 Å². The van der Waals surface area contributed by atoms with Crippen LogP contribution in [0.25, 0.3) is 5.57 Å². The lowest BCUT2D eigenvalue weighted by atomic mass is 9.46. The molecule has 136 valence electrons. The topological polar surface area (TPSA) is 30.0 Å². The van der Waals surface area contributed by atoms with Gasteiger partial charge in [-0.2, -0.15) is 0 Å². The molecule has 2 heteroatoms. The van der Waals surface area contributed by atoms with E-state index in [-0.39, 0.29) is 5.41 Å². The zero-order chi connectivity index (χ0) is 17.9. The summed E-state index contributed by atoms with van der Waals surface area (Å²) in [6.45, 7) is 4.96. The van der Waals surface area contributed by atoms with Crippen LogP contribution in [-0.2, 0) is 4.79 Å². The minimum Gasteiger partial charge on any atom is -0.295 e. The molecule has 6 atom stereocenters. The second kappa shape index (κ2) is 5.65. The molecule has 0 radical (unpaired) electrons. The molecule has 5 rings (SSSR count). The van der Waals surface area contributed by atoms with Crippen LogP contribution in [0.4, 0.5) is 0 Å². The molecule has 0 aromatic carbocycles. The Morgan fingerprint density at radius 1 is 1.15 bits per heavy atom. The fraction of sp³-hybridized carbons (Fsp3) is 0.583. The maximum atomic E-state index is 12.0. The molecule has 0 N–H and O–H groups in total. The predicted molar refractivity (Wildman–Crippen MR) is 104 cm³/mol. The molecule has 1 heterocycles. The summed E-state index contributed by atoms with van der Waals surface area (Å²) in [5.41, 5.74) is 3.38. The van der Waals surface area contributed by atoms with Gasteiger partial charge in [-0.1, -0.05) is 32.1 Å². The first kappa shape index (κ1) is 16.5. The monoisotopic (exact) mass is 347 g/mol. The number of hydrogen-bond donors (Lipinski definition) is 0. The highest BCUT2D eigenvalue weighted by Crippen LogP contribution is 2.66. The molecule has 2 fully saturated rings. The Morgan fingerprint density at radius 2 is 2.04 bits per heavy atom. The average molecular weight is 348 g/mol. The second-order valence-electron chi connectivity index (χ2n) is 9.57. The largest absolute Gasteiger partial charge is 0.295 e. The maximum Gasteiger partial charge on any atom is 0.155 e. The molecule has 0 unspecified atom stereocenters. The first-order valence-corrected chi connectivity index (χ1v) is 10.4. The third-order valence-corrected chi connectivity index (χ3v) is 8.59. The Balaban J connectivity index is 1.48. The van der Waals surface area contributed by atoms with E-state index in [1.54, 1.807) is 0 Å². The normalized spacial score (nSPS) is 44.1. The lowest BCUT2D eigenvalue weighted by molar-refractivity contribution is -0.121. The number of allylic oxidation sites excluding steroid dienone is 4. The van der Waals surface area contributed by atoms with Crippen LogP contribution in [-0.4, -0.2) is 10.8 Å². The van der Waals surface area contributed by atoms with Crippen LogP contribution in [0, 0.1) is 34.5 Å². The Labute approximate surface area is 156 Å². The van der Waals surface area contributed by atoms with Crippen LogP contribution in [0.5, 0.6) is 0 Å². The first-order valence-electron chi connectivity index (χ1n) is 10.4. The number of fused-ring (bicyclic) bond motifs is 5. The van der Waals surface area contributed by atoms with Crippen LogP contribution < -0.4 is 0 Å². The van der Waals surface area contributed by atoms with E-state index < -0.39 is 0 Å². The number of hydrogen-bond acceptors (Lipinski definition) is 2. The molecular formula is C24H29NO. The second-order valence-corrected chi connectivity index (χ2v) is 9.57. The third-order valence-electron chi connectivity index (χ3n) is 8.59. The van der Waals surface area contributed by atoms with E-state index in [9.17, 15) is 4.79 Å². The van der Waals surface area contributed by atoms with Gasteiger partial charge in [0.25, 0.3) is 0 Å². The van der Waals surface area contributed by atoms with Gasteiger partial charge in [-0.15, -0.1) is 0 Å². The third kappa shape index (κ3) is 2.17. The van der Waals surface area contributed by atoms with Crippen molar-refractivity contribution in [3.63, 3.8) is 0 Å². The highest BCUT2D eigenvalue weighted by atomic mass is 16.1. The van der Waals surface area contributed by atoms with Crippen molar-refractivity contribution in [2.45, 2.75) is 52.4 Å². The van der Waals surface area contributed by atoms with Gasteiger partial charge in [0.05, 0.1) is 0 Å². The van der Waals surface area contributed by atoms with Gasteiger partial charge in [0.2, 0.25) is 0 Å². The summed E-state index contributed by atoms with van der Waals surface area (Å²) in [4.78, 5) is 16.3. The van der Waals surface area contributed by atoms with Crippen LogP contribution in [0.15, 0.2) is 42.8 Å². The zero-order valence-electron chi connectivity index (χ0n) is 15.9. The fourth-order valence-corrected chi connectivity index (χ4v) is 7.17. The summed E-state index contributed by atoms with van der Waals surface area (Å²) in [6, 6.07) is 4.29. The van der Waals surface area contributed by atoms with E-state index >= 15 is 0 Å². The zero-order valence-corrected chi connectivity index (χ0v) is 15.9. The van der Waals surface area contributed by atoms with Gasteiger partial charge in [0.15, 0.2) is 5.78 Å². The Hall–Kier alpha value is -1.70. The molecule has 0 bridgehead atoms. The van der Waals surface area contributed by atoms with Gasteiger partial charge in [0, 0.05) is 18.8 Å². The standard InChI is InChI=1S/C24H29NO/c1-23-11-9-18(26)14-17(23)5-6-19-21-8-7-20(16-4-3-13-25-15-16)24(21,2)12-10-22(19)23/h3-4,7,9,11,13,15,17,19,21-22H,5-6,8,10,12,14H2,1-2H3/t17-,19-,21-,22-,23-,24+/m0/s1. The van der Waals surface area contributed by atoms with Gasteiger partial charge >= 0.3 is 0 Å². The molecule has 0 aliphatic heterocycles. The van der Waals surface area contributed by atoms with E-state index in [0.717, 1.165) is 24.2 Å². The molecule has 4 aliphatic carbocycles. The van der Waals surface area contributed by atoms with E-state index in [0.29, 0.717) is 17.1 Å². The molecule has 4 aliphatic rings. The van der Waals surface area contributed by atoms with Gasteiger partial charge in [0.1, 0.15) is 0 Å². The summed E-state index contributed by atoms with van der Waals surface area (Å²) in [5, 5.41) is 0. The predicted octanol–water partition coefficient (Wildman–Crippen LogP) is 5.46. The minimum absolute atomic E-state index is 0.231. The number of aromatic nitrogens is 1.